The third-order valence-electron chi connectivity index (χ3n) is 5.82. The van der Waals surface area contributed by atoms with Gasteiger partial charge >= 0.3 is 22.4 Å². The summed E-state index contributed by atoms with van der Waals surface area (Å²) in [6.45, 7) is 3.29. The van der Waals surface area contributed by atoms with E-state index >= 15 is 0 Å². The molecule has 0 atom stereocenters. The van der Waals surface area contributed by atoms with Gasteiger partial charge < -0.3 is 14.0 Å². The topological polar surface area (TPSA) is 102 Å². The molecule has 1 fully saturated rings. The van der Waals surface area contributed by atoms with Crippen molar-refractivity contribution in [3.63, 3.8) is 0 Å². The summed E-state index contributed by atoms with van der Waals surface area (Å²) in [5.41, 5.74) is 0.588. The van der Waals surface area contributed by atoms with Gasteiger partial charge in [0.25, 0.3) is 0 Å². The quantitative estimate of drug-likeness (QED) is 0.349. The summed E-state index contributed by atoms with van der Waals surface area (Å²) in [7, 11) is -4.00. The zero-order chi connectivity index (χ0) is 27.5. The Kier molecular flexibility index (Phi) is 8.09. The maximum atomic E-state index is 13.0. The number of alkyl halides is 3. The molecule has 0 spiro atoms. The number of carbonyl (C=O) groups excluding carboxylic acids is 1. The van der Waals surface area contributed by atoms with E-state index in [1.807, 2.05) is 0 Å². The first-order chi connectivity index (χ1) is 17.9. The van der Waals surface area contributed by atoms with Gasteiger partial charge in [0.15, 0.2) is 0 Å². The highest BCUT2D eigenvalue weighted by molar-refractivity contribution is 7.86. The van der Waals surface area contributed by atoms with Crippen molar-refractivity contribution >= 4 is 16.2 Å². The van der Waals surface area contributed by atoms with Crippen LogP contribution in [-0.2, 0) is 39.2 Å². The molecule has 1 aliphatic rings. The van der Waals surface area contributed by atoms with Gasteiger partial charge in [0.05, 0.1) is 12.1 Å². The summed E-state index contributed by atoms with van der Waals surface area (Å²) < 4.78 is 77.8. The molecule has 3 aromatic rings. The summed E-state index contributed by atoms with van der Waals surface area (Å²) in [5, 5.41) is 0. The van der Waals surface area contributed by atoms with Gasteiger partial charge in [0.2, 0.25) is 5.89 Å². The summed E-state index contributed by atoms with van der Waals surface area (Å²) in [6.07, 6.45) is -2.97. The van der Waals surface area contributed by atoms with E-state index in [0.717, 1.165) is 31.9 Å². The predicted molar refractivity (Wildman–Crippen MR) is 129 cm³/mol. The number of ether oxygens (including phenoxy) is 1. The maximum absolute atomic E-state index is 13.0. The van der Waals surface area contributed by atoms with E-state index < -0.39 is 27.9 Å². The Morgan fingerprint density at radius 3 is 2.45 bits per heavy atom. The number of aryl methyl sites for hydroxylation is 1. The third kappa shape index (κ3) is 6.52. The number of hydrogen-bond acceptors (Lipinski definition) is 7. The maximum Gasteiger partial charge on any atom is 0.416 e. The second-order valence-corrected chi connectivity index (χ2v) is 10.5. The Labute approximate surface area is 217 Å². The van der Waals surface area contributed by atoms with E-state index in [2.05, 4.69) is 4.98 Å². The molecule has 1 saturated heterocycles. The molecule has 1 aliphatic heterocycles. The van der Waals surface area contributed by atoms with Gasteiger partial charge in [-0.2, -0.15) is 25.9 Å². The zero-order valence-corrected chi connectivity index (χ0v) is 21.5. The number of oxazole rings is 1. The molecule has 0 amide bonds. The van der Waals surface area contributed by atoms with Crippen LogP contribution in [0.1, 0.15) is 42.3 Å². The highest BCUT2D eigenvalue weighted by Gasteiger charge is 2.34. The van der Waals surface area contributed by atoms with Crippen LogP contribution in [0.2, 0.25) is 0 Å². The summed E-state index contributed by atoms with van der Waals surface area (Å²) in [5.74, 6) is 0.245. The standard InChI is InChI=1S/C25H26F3N3O6S/c1-17-23(29-24(36-17)20-8-10-21(11-9-20)25(26,27)28)16-35-22-7-5-6-19(14-22)15-31(37-18(2)32)38(33,34)30-12-3-4-13-30/h5-11,14H,3-4,12-13,15-16H2,1-2H3. The average Bonchev–Trinajstić information content (AvgIpc) is 3.53. The summed E-state index contributed by atoms with van der Waals surface area (Å²) in [6, 6.07) is 11.1. The fraction of sp³-hybridized carbons (Fsp3) is 0.360. The number of benzene rings is 2. The lowest BCUT2D eigenvalue weighted by molar-refractivity contribution is -0.168. The third-order valence-corrected chi connectivity index (χ3v) is 7.55. The van der Waals surface area contributed by atoms with Crippen molar-refractivity contribution in [3.8, 4) is 17.2 Å². The number of halogens is 3. The highest BCUT2D eigenvalue weighted by Crippen LogP contribution is 2.31. The largest absolute Gasteiger partial charge is 0.487 e. The minimum atomic E-state index is -4.44. The van der Waals surface area contributed by atoms with Gasteiger partial charge in [-0.3, -0.25) is 4.79 Å². The van der Waals surface area contributed by atoms with Crippen LogP contribution >= 0.6 is 0 Å². The molecule has 2 heterocycles. The van der Waals surface area contributed by atoms with Crippen LogP contribution in [-0.4, -0.2) is 41.2 Å². The van der Waals surface area contributed by atoms with E-state index in [4.69, 9.17) is 14.0 Å². The lowest BCUT2D eigenvalue weighted by Crippen LogP contribution is -2.42. The van der Waals surface area contributed by atoms with Crippen molar-refractivity contribution in [2.45, 2.75) is 46.0 Å². The normalized spacial score (nSPS) is 14.7. The van der Waals surface area contributed by atoms with Crippen LogP contribution in [0.3, 0.4) is 0 Å². The van der Waals surface area contributed by atoms with Crippen LogP contribution in [0, 0.1) is 6.92 Å². The van der Waals surface area contributed by atoms with E-state index in [1.165, 1.54) is 16.4 Å². The molecule has 2 aromatic carbocycles. The lowest BCUT2D eigenvalue weighted by atomic mass is 10.1. The Balaban J connectivity index is 1.45. The number of nitrogens with zero attached hydrogens (tertiary/aromatic N) is 3. The van der Waals surface area contributed by atoms with Crippen molar-refractivity contribution in [2.24, 2.45) is 0 Å². The Morgan fingerprint density at radius 1 is 1.13 bits per heavy atom. The van der Waals surface area contributed by atoms with Gasteiger partial charge in [0, 0.05) is 25.6 Å². The van der Waals surface area contributed by atoms with E-state index in [0.29, 0.717) is 45.9 Å². The molecule has 0 unspecified atom stereocenters. The lowest BCUT2D eigenvalue weighted by Gasteiger charge is -2.25. The Morgan fingerprint density at radius 2 is 1.82 bits per heavy atom. The smallest absolute Gasteiger partial charge is 0.416 e. The molecule has 9 nitrogen and oxygen atoms in total. The molecule has 4 rings (SSSR count). The first kappa shape index (κ1) is 27.6. The SMILES string of the molecule is CC(=O)ON(Cc1cccc(OCc2nc(-c3ccc(C(F)(F)F)cc3)oc2C)c1)S(=O)(=O)N1CCCC1. The van der Waals surface area contributed by atoms with Crippen molar-refractivity contribution < 1.29 is 40.4 Å². The van der Waals surface area contributed by atoms with Gasteiger partial charge in [-0.1, -0.05) is 12.1 Å². The van der Waals surface area contributed by atoms with Crippen molar-refractivity contribution in [2.75, 3.05) is 13.1 Å². The first-order valence-corrected chi connectivity index (χ1v) is 13.1. The van der Waals surface area contributed by atoms with Crippen molar-refractivity contribution in [1.82, 2.24) is 13.8 Å². The van der Waals surface area contributed by atoms with Crippen molar-refractivity contribution in [3.05, 3.63) is 71.1 Å². The average molecular weight is 554 g/mol. The number of hydroxylamine groups is 1. The van der Waals surface area contributed by atoms with Crippen LogP contribution in [0.5, 0.6) is 5.75 Å². The molecule has 1 aromatic heterocycles. The Bertz CT molecular complexity index is 1380. The second kappa shape index (κ2) is 11.1. The number of carbonyl (C=O) groups is 1. The molecular weight excluding hydrogens is 527 g/mol. The molecule has 0 N–H and O–H groups in total. The minimum Gasteiger partial charge on any atom is -0.487 e. The number of aromatic nitrogens is 1. The molecule has 204 valence electrons. The predicted octanol–water partition coefficient (Wildman–Crippen LogP) is 4.87. The van der Waals surface area contributed by atoms with Crippen LogP contribution in [0.25, 0.3) is 11.5 Å². The van der Waals surface area contributed by atoms with Gasteiger partial charge in [-0.25, -0.2) is 4.98 Å². The molecular formula is C25H26F3N3O6S. The molecule has 38 heavy (non-hydrogen) atoms. The van der Waals surface area contributed by atoms with Gasteiger partial charge in [0.1, 0.15) is 23.8 Å². The zero-order valence-electron chi connectivity index (χ0n) is 20.7. The minimum absolute atomic E-state index is 0.000835. The fourth-order valence-corrected chi connectivity index (χ4v) is 5.36. The summed E-state index contributed by atoms with van der Waals surface area (Å²) in [4.78, 5) is 21.0. The molecule has 0 saturated carbocycles. The molecule has 0 bridgehead atoms. The van der Waals surface area contributed by atoms with Crippen LogP contribution in [0.4, 0.5) is 13.2 Å². The van der Waals surface area contributed by atoms with Gasteiger partial charge in [-0.15, -0.1) is 0 Å². The van der Waals surface area contributed by atoms with E-state index in [9.17, 15) is 26.4 Å². The number of hydrogen-bond donors (Lipinski definition) is 0. The van der Waals surface area contributed by atoms with E-state index in [-0.39, 0.29) is 19.0 Å². The molecule has 0 aliphatic carbocycles. The monoisotopic (exact) mass is 553 g/mol. The van der Waals surface area contributed by atoms with E-state index in [1.54, 1.807) is 31.2 Å². The first-order valence-electron chi connectivity index (χ1n) is 11.8. The molecule has 0 radical (unpaired) electrons. The second-order valence-electron chi connectivity index (χ2n) is 8.69. The van der Waals surface area contributed by atoms with Crippen LogP contribution in [0.15, 0.2) is 52.9 Å². The van der Waals surface area contributed by atoms with Crippen LogP contribution < -0.4 is 4.74 Å². The highest BCUT2D eigenvalue weighted by atomic mass is 32.2. The van der Waals surface area contributed by atoms with Crippen molar-refractivity contribution in [1.29, 1.82) is 0 Å². The number of rotatable bonds is 9. The Hall–Kier alpha value is -3.42. The van der Waals surface area contributed by atoms with Gasteiger partial charge in [-0.05, 0) is 66.2 Å². The summed E-state index contributed by atoms with van der Waals surface area (Å²) >= 11 is 0. The fourth-order valence-electron chi connectivity index (χ4n) is 3.87. The molecule has 13 heteroatoms.